The molecular weight excluding hydrogens is 281 g/mol. The van der Waals surface area contributed by atoms with Crippen LogP contribution in [0.3, 0.4) is 0 Å². The molecule has 1 aliphatic heterocycles. The molecule has 2 rings (SSSR count). The highest BCUT2D eigenvalue weighted by Gasteiger charge is 2.36. The van der Waals surface area contributed by atoms with Crippen molar-refractivity contribution >= 4 is 5.69 Å². The molecule has 0 saturated carbocycles. The lowest BCUT2D eigenvalue weighted by molar-refractivity contribution is -0.137. The molecule has 1 heterocycles. The summed E-state index contributed by atoms with van der Waals surface area (Å²) in [5, 5.41) is 9.04. The van der Waals surface area contributed by atoms with Gasteiger partial charge in [-0.15, -0.1) is 0 Å². The van der Waals surface area contributed by atoms with Crippen LogP contribution in [0.25, 0.3) is 0 Å². The fourth-order valence-corrected chi connectivity index (χ4v) is 2.81. The Kier molecular flexibility index (Phi) is 4.78. The van der Waals surface area contributed by atoms with Crippen LogP contribution in [0.2, 0.25) is 0 Å². The Bertz CT molecular complexity index is 480. The summed E-state index contributed by atoms with van der Waals surface area (Å²) in [6.07, 6.45) is -2.70. The summed E-state index contributed by atoms with van der Waals surface area (Å²) in [6.45, 7) is 0.848. The van der Waals surface area contributed by atoms with Gasteiger partial charge in [0.25, 0.3) is 0 Å². The molecule has 1 N–H and O–H groups in total. The van der Waals surface area contributed by atoms with Crippen LogP contribution >= 0.6 is 0 Å². The van der Waals surface area contributed by atoms with E-state index in [0.717, 1.165) is 18.9 Å². The number of aliphatic hydroxyl groups excluding tert-OH is 1. The minimum Gasteiger partial charge on any atom is -0.392 e. The zero-order chi connectivity index (χ0) is 15.6. The van der Waals surface area contributed by atoms with E-state index in [-0.39, 0.29) is 17.9 Å². The summed E-state index contributed by atoms with van der Waals surface area (Å²) in [6, 6.07) is 4.51. The van der Waals surface area contributed by atoms with E-state index >= 15 is 0 Å². The van der Waals surface area contributed by atoms with Gasteiger partial charge in [0.05, 0.1) is 12.2 Å². The number of alkyl halides is 3. The third-order valence-electron chi connectivity index (χ3n) is 4.08. The molecule has 21 heavy (non-hydrogen) atoms. The maximum absolute atomic E-state index is 13.2. The van der Waals surface area contributed by atoms with Crippen LogP contribution in [0.4, 0.5) is 18.9 Å². The Morgan fingerprint density at radius 2 is 1.86 bits per heavy atom. The predicted octanol–water partition coefficient (Wildman–Crippen LogP) is 2.73. The van der Waals surface area contributed by atoms with Crippen molar-refractivity contribution in [3.8, 4) is 0 Å². The maximum Gasteiger partial charge on any atom is 0.418 e. The summed E-state index contributed by atoms with van der Waals surface area (Å²) in [4.78, 5) is 3.92. The summed E-state index contributed by atoms with van der Waals surface area (Å²) in [5.74, 6) is 0. The summed E-state index contributed by atoms with van der Waals surface area (Å²) < 4.78 is 39.6. The first kappa shape index (κ1) is 16.1. The molecule has 1 aliphatic rings. The molecule has 6 heteroatoms. The largest absolute Gasteiger partial charge is 0.418 e. The first-order valence-electron chi connectivity index (χ1n) is 7.05. The highest BCUT2D eigenvalue weighted by atomic mass is 19.4. The molecule has 3 nitrogen and oxygen atoms in total. The van der Waals surface area contributed by atoms with E-state index in [9.17, 15) is 13.2 Å². The van der Waals surface area contributed by atoms with Crippen LogP contribution in [0.5, 0.6) is 0 Å². The lowest BCUT2D eigenvalue weighted by Gasteiger charge is -2.37. The average Bonchev–Trinajstić information content (AvgIpc) is 2.46. The van der Waals surface area contributed by atoms with Gasteiger partial charge in [0.1, 0.15) is 0 Å². The molecular formula is C15H21F3N2O. The van der Waals surface area contributed by atoms with E-state index in [1.807, 2.05) is 14.1 Å². The SMILES string of the molecule is CN(C)C1CCN(c2ccc(CO)cc2C(F)(F)F)CC1. The molecule has 118 valence electrons. The molecule has 1 saturated heterocycles. The average molecular weight is 302 g/mol. The second kappa shape index (κ2) is 6.23. The van der Waals surface area contributed by atoms with Crippen molar-refractivity contribution in [3.63, 3.8) is 0 Å². The smallest absolute Gasteiger partial charge is 0.392 e. The van der Waals surface area contributed by atoms with E-state index in [4.69, 9.17) is 5.11 Å². The number of aliphatic hydroxyl groups is 1. The highest BCUT2D eigenvalue weighted by molar-refractivity contribution is 5.56. The lowest BCUT2D eigenvalue weighted by Crippen LogP contribution is -2.42. The predicted molar refractivity (Wildman–Crippen MR) is 76.3 cm³/mol. The Morgan fingerprint density at radius 3 is 2.33 bits per heavy atom. The van der Waals surface area contributed by atoms with Gasteiger partial charge in [-0.3, -0.25) is 0 Å². The van der Waals surface area contributed by atoms with Crippen LogP contribution in [-0.2, 0) is 12.8 Å². The molecule has 0 unspecified atom stereocenters. The number of rotatable bonds is 3. The van der Waals surface area contributed by atoms with E-state index < -0.39 is 11.7 Å². The first-order chi connectivity index (χ1) is 9.82. The Hall–Kier alpha value is -1.27. The van der Waals surface area contributed by atoms with E-state index in [0.29, 0.717) is 19.1 Å². The first-order valence-corrected chi connectivity index (χ1v) is 7.05. The van der Waals surface area contributed by atoms with Crippen LogP contribution in [0.1, 0.15) is 24.0 Å². The fraction of sp³-hybridized carbons (Fsp3) is 0.600. The molecule has 0 atom stereocenters. The molecule has 1 aromatic rings. The summed E-state index contributed by atoms with van der Waals surface area (Å²) in [7, 11) is 4.00. The van der Waals surface area contributed by atoms with Gasteiger partial charge in [0.15, 0.2) is 0 Å². The van der Waals surface area contributed by atoms with Gasteiger partial charge in [0, 0.05) is 24.8 Å². The third-order valence-corrected chi connectivity index (χ3v) is 4.08. The number of hydrogen-bond donors (Lipinski definition) is 1. The molecule has 0 radical (unpaired) electrons. The standard InChI is InChI=1S/C15H21F3N2O/c1-19(2)12-5-7-20(8-6-12)14-4-3-11(10-21)9-13(14)15(16,17)18/h3-4,9,12,21H,5-8,10H2,1-2H3. The quantitative estimate of drug-likeness (QED) is 0.930. The van der Waals surface area contributed by atoms with Crippen molar-refractivity contribution in [2.45, 2.75) is 31.7 Å². The van der Waals surface area contributed by atoms with Gasteiger partial charge in [-0.05, 0) is 44.6 Å². The van der Waals surface area contributed by atoms with Crippen molar-refractivity contribution < 1.29 is 18.3 Å². The number of hydrogen-bond acceptors (Lipinski definition) is 3. The van der Waals surface area contributed by atoms with Crippen molar-refractivity contribution in [2.75, 3.05) is 32.1 Å². The Morgan fingerprint density at radius 1 is 1.24 bits per heavy atom. The molecule has 0 aliphatic carbocycles. The number of piperidine rings is 1. The molecule has 1 aromatic carbocycles. The zero-order valence-corrected chi connectivity index (χ0v) is 12.3. The van der Waals surface area contributed by atoms with Crippen molar-refractivity contribution in [2.24, 2.45) is 0 Å². The number of halogens is 3. The molecule has 1 fully saturated rings. The molecule has 0 amide bonds. The van der Waals surface area contributed by atoms with Crippen LogP contribution < -0.4 is 4.90 Å². The molecule has 0 spiro atoms. The monoisotopic (exact) mass is 302 g/mol. The van der Waals surface area contributed by atoms with Crippen molar-refractivity contribution in [1.29, 1.82) is 0 Å². The third kappa shape index (κ3) is 3.68. The topological polar surface area (TPSA) is 26.7 Å². The zero-order valence-electron chi connectivity index (χ0n) is 12.3. The normalized spacial score (nSPS) is 17.6. The number of benzene rings is 1. The second-order valence-electron chi connectivity index (χ2n) is 5.69. The Balaban J connectivity index is 2.24. The second-order valence-corrected chi connectivity index (χ2v) is 5.69. The van der Waals surface area contributed by atoms with Gasteiger partial charge in [0.2, 0.25) is 0 Å². The van der Waals surface area contributed by atoms with Crippen LogP contribution in [-0.4, -0.2) is 43.2 Å². The van der Waals surface area contributed by atoms with Crippen LogP contribution in [0, 0.1) is 0 Å². The minimum absolute atomic E-state index is 0.219. The van der Waals surface area contributed by atoms with E-state index in [2.05, 4.69) is 4.90 Å². The highest BCUT2D eigenvalue weighted by Crippen LogP contribution is 2.38. The number of anilines is 1. The van der Waals surface area contributed by atoms with Gasteiger partial charge in [-0.25, -0.2) is 0 Å². The van der Waals surface area contributed by atoms with Gasteiger partial charge in [-0.2, -0.15) is 13.2 Å². The van der Waals surface area contributed by atoms with Gasteiger partial charge in [-0.1, -0.05) is 6.07 Å². The molecule has 0 bridgehead atoms. The Labute approximate surface area is 123 Å². The fourth-order valence-electron chi connectivity index (χ4n) is 2.81. The summed E-state index contributed by atoms with van der Waals surface area (Å²) >= 11 is 0. The molecule has 0 aromatic heterocycles. The van der Waals surface area contributed by atoms with E-state index in [1.54, 1.807) is 11.0 Å². The maximum atomic E-state index is 13.2. The van der Waals surface area contributed by atoms with Gasteiger partial charge >= 0.3 is 6.18 Å². The van der Waals surface area contributed by atoms with Gasteiger partial charge < -0.3 is 14.9 Å². The summed E-state index contributed by atoms with van der Waals surface area (Å²) in [5.41, 5.74) is -0.150. The lowest BCUT2D eigenvalue weighted by atomic mass is 10.0. The number of nitrogens with zero attached hydrogens (tertiary/aromatic N) is 2. The van der Waals surface area contributed by atoms with E-state index in [1.165, 1.54) is 6.07 Å². The minimum atomic E-state index is -4.40. The van der Waals surface area contributed by atoms with Crippen molar-refractivity contribution in [1.82, 2.24) is 4.90 Å². The van der Waals surface area contributed by atoms with Crippen LogP contribution in [0.15, 0.2) is 18.2 Å². The van der Waals surface area contributed by atoms with Crippen molar-refractivity contribution in [3.05, 3.63) is 29.3 Å².